The van der Waals surface area contributed by atoms with E-state index in [2.05, 4.69) is 10.3 Å². The maximum atomic E-state index is 10.3. The van der Waals surface area contributed by atoms with Gasteiger partial charge in [0.25, 0.3) is 0 Å². The first-order valence-electron chi connectivity index (χ1n) is 7.03. The Kier molecular flexibility index (Phi) is 5.68. The second kappa shape index (κ2) is 7.72. The zero-order valence-electron chi connectivity index (χ0n) is 12.3. The molecule has 0 saturated carbocycles. The summed E-state index contributed by atoms with van der Waals surface area (Å²) >= 11 is 5.38. The van der Waals surface area contributed by atoms with E-state index in [1.54, 1.807) is 36.7 Å². The van der Waals surface area contributed by atoms with Gasteiger partial charge < -0.3 is 20.4 Å². The van der Waals surface area contributed by atoms with Gasteiger partial charge in [-0.25, -0.2) is 0 Å². The number of likely N-dealkylation sites (N-methyl/N-ethyl adjacent to an activating group) is 1. The van der Waals surface area contributed by atoms with Gasteiger partial charge in [0, 0.05) is 12.7 Å². The molecule has 0 bridgehead atoms. The number of thiocarbonyl (C=S) groups is 1. The SMILES string of the molecule is CCN(C[C@H](O)c1cccc(O)c1)C(=S)Nc1cccnc1. The number of aliphatic hydroxyl groups excluding tert-OH is 1. The van der Waals surface area contributed by atoms with E-state index in [9.17, 15) is 10.2 Å². The van der Waals surface area contributed by atoms with Crippen LogP contribution in [0.15, 0.2) is 48.8 Å². The average molecular weight is 317 g/mol. The van der Waals surface area contributed by atoms with Crippen molar-refractivity contribution in [2.75, 3.05) is 18.4 Å². The normalized spacial score (nSPS) is 11.7. The summed E-state index contributed by atoms with van der Waals surface area (Å²) in [5.74, 6) is 0.135. The number of benzene rings is 1. The molecular weight excluding hydrogens is 298 g/mol. The molecule has 0 spiro atoms. The van der Waals surface area contributed by atoms with Crippen LogP contribution in [0.1, 0.15) is 18.6 Å². The number of hydrogen-bond donors (Lipinski definition) is 3. The topological polar surface area (TPSA) is 68.6 Å². The third-order valence-corrected chi connectivity index (χ3v) is 3.59. The molecule has 116 valence electrons. The van der Waals surface area contributed by atoms with Crippen LogP contribution in [0.5, 0.6) is 5.75 Å². The van der Waals surface area contributed by atoms with Crippen LogP contribution in [0.4, 0.5) is 5.69 Å². The molecule has 0 radical (unpaired) electrons. The molecule has 0 aliphatic carbocycles. The number of rotatable bonds is 5. The maximum Gasteiger partial charge on any atom is 0.173 e. The zero-order chi connectivity index (χ0) is 15.9. The van der Waals surface area contributed by atoms with Crippen LogP contribution in [0.25, 0.3) is 0 Å². The van der Waals surface area contributed by atoms with Crippen LogP contribution < -0.4 is 5.32 Å². The van der Waals surface area contributed by atoms with Gasteiger partial charge >= 0.3 is 0 Å². The summed E-state index contributed by atoms with van der Waals surface area (Å²) in [5.41, 5.74) is 1.46. The van der Waals surface area contributed by atoms with Gasteiger partial charge in [-0.2, -0.15) is 0 Å². The molecule has 0 saturated heterocycles. The lowest BCUT2D eigenvalue weighted by atomic mass is 10.1. The molecule has 0 aliphatic rings. The summed E-state index contributed by atoms with van der Waals surface area (Å²) in [6, 6.07) is 10.3. The summed E-state index contributed by atoms with van der Waals surface area (Å²) in [6.07, 6.45) is 2.64. The van der Waals surface area contributed by atoms with Crippen LogP contribution in [0, 0.1) is 0 Å². The number of aromatic nitrogens is 1. The van der Waals surface area contributed by atoms with Crippen LogP contribution in [0.2, 0.25) is 0 Å². The molecule has 0 fully saturated rings. The van der Waals surface area contributed by atoms with E-state index in [1.165, 1.54) is 0 Å². The van der Waals surface area contributed by atoms with Crippen LogP contribution in [-0.4, -0.2) is 38.3 Å². The minimum atomic E-state index is -0.735. The third kappa shape index (κ3) is 4.41. The number of aromatic hydroxyl groups is 1. The largest absolute Gasteiger partial charge is 0.508 e. The highest BCUT2D eigenvalue weighted by Gasteiger charge is 2.15. The van der Waals surface area contributed by atoms with Gasteiger partial charge in [-0.05, 0) is 49.0 Å². The maximum absolute atomic E-state index is 10.3. The molecule has 1 aromatic heterocycles. The molecule has 0 amide bonds. The second-order valence-corrected chi connectivity index (χ2v) is 5.21. The third-order valence-electron chi connectivity index (χ3n) is 3.23. The van der Waals surface area contributed by atoms with E-state index in [1.807, 2.05) is 24.0 Å². The fourth-order valence-electron chi connectivity index (χ4n) is 2.04. The Morgan fingerprint density at radius 2 is 2.18 bits per heavy atom. The van der Waals surface area contributed by atoms with E-state index >= 15 is 0 Å². The summed E-state index contributed by atoms with van der Waals surface area (Å²) in [5, 5.41) is 23.4. The lowest BCUT2D eigenvalue weighted by Crippen LogP contribution is -2.37. The van der Waals surface area contributed by atoms with Crippen molar-refractivity contribution in [1.29, 1.82) is 0 Å². The number of pyridine rings is 1. The number of nitrogens with one attached hydrogen (secondary N) is 1. The molecule has 1 heterocycles. The molecule has 0 aliphatic heterocycles. The Balaban J connectivity index is 2.00. The molecule has 2 rings (SSSR count). The quantitative estimate of drug-likeness (QED) is 0.736. The van der Waals surface area contributed by atoms with Crippen molar-refractivity contribution in [3.8, 4) is 5.75 Å². The lowest BCUT2D eigenvalue weighted by molar-refractivity contribution is 0.146. The molecule has 5 nitrogen and oxygen atoms in total. The van der Waals surface area contributed by atoms with Crippen molar-refractivity contribution in [2.45, 2.75) is 13.0 Å². The number of nitrogens with zero attached hydrogens (tertiary/aromatic N) is 2. The van der Waals surface area contributed by atoms with Crippen molar-refractivity contribution >= 4 is 23.0 Å². The van der Waals surface area contributed by atoms with Gasteiger partial charge in [0.15, 0.2) is 5.11 Å². The fourth-order valence-corrected chi connectivity index (χ4v) is 2.36. The van der Waals surface area contributed by atoms with Gasteiger partial charge in [0.05, 0.1) is 24.5 Å². The van der Waals surface area contributed by atoms with Crippen LogP contribution in [0.3, 0.4) is 0 Å². The molecule has 6 heteroatoms. The van der Waals surface area contributed by atoms with Crippen molar-refractivity contribution in [3.63, 3.8) is 0 Å². The van der Waals surface area contributed by atoms with Crippen molar-refractivity contribution in [2.24, 2.45) is 0 Å². The lowest BCUT2D eigenvalue weighted by Gasteiger charge is -2.27. The van der Waals surface area contributed by atoms with Gasteiger partial charge in [-0.1, -0.05) is 12.1 Å². The first kappa shape index (κ1) is 16.2. The molecule has 3 N–H and O–H groups in total. The Morgan fingerprint density at radius 1 is 1.36 bits per heavy atom. The number of phenols is 1. The number of aliphatic hydroxyl groups is 1. The van der Waals surface area contributed by atoms with E-state index in [0.717, 1.165) is 5.69 Å². The number of phenolic OH excluding ortho intramolecular Hbond substituents is 1. The fraction of sp³-hybridized carbons (Fsp3) is 0.250. The Labute approximate surface area is 135 Å². The minimum Gasteiger partial charge on any atom is -0.508 e. The highest BCUT2D eigenvalue weighted by Crippen LogP contribution is 2.19. The minimum absolute atomic E-state index is 0.135. The summed E-state index contributed by atoms with van der Waals surface area (Å²) in [6.45, 7) is 2.96. The van der Waals surface area contributed by atoms with Gasteiger partial charge in [-0.15, -0.1) is 0 Å². The number of anilines is 1. The van der Waals surface area contributed by atoms with Gasteiger partial charge in [-0.3, -0.25) is 4.98 Å². The molecular formula is C16H19N3O2S. The summed E-state index contributed by atoms with van der Waals surface area (Å²) in [4.78, 5) is 5.88. The highest BCUT2D eigenvalue weighted by molar-refractivity contribution is 7.80. The van der Waals surface area contributed by atoms with Crippen molar-refractivity contribution < 1.29 is 10.2 Å². The number of hydrogen-bond acceptors (Lipinski definition) is 4. The molecule has 1 aromatic carbocycles. The van der Waals surface area contributed by atoms with Gasteiger partial charge in [0.2, 0.25) is 0 Å². The van der Waals surface area contributed by atoms with E-state index in [4.69, 9.17) is 12.2 Å². The standard InChI is InChI=1S/C16H19N3O2S/c1-2-19(16(22)18-13-6-4-8-17-10-13)11-15(21)12-5-3-7-14(20)9-12/h3-10,15,20-21H,2,11H2,1H3,(H,18,22)/t15-/m0/s1. The van der Waals surface area contributed by atoms with Crippen LogP contribution in [-0.2, 0) is 0 Å². The predicted octanol–water partition coefficient (Wildman–Crippen LogP) is 2.54. The predicted molar refractivity (Wildman–Crippen MR) is 90.8 cm³/mol. The molecule has 2 aromatic rings. The van der Waals surface area contributed by atoms with E-state index in [-0.39, 0.29) is 5.75 Å². The summed E-state index contributed by atoms with van der Waals surface area (Å²) in [7, 11) is 0. The monoisotopic (exact) mass is 317 g/mol. The van der Waals surface area contributed by atoms with Crippen LogP contribution >= 0.6 is 12.2 Å². The van der Waals surface area contributed by atoms with Gasteiger partial charge in [0.1, 0.15) is 5.75 Å². The average Bonchev–Trinajstić information content (AvgIpc) is 2.53. The molecule has 0 unspecified atom stereocenters. The Bertz CT molecular complexity index is 622. The van der Waals surface area contributed by atoms with Crippen molar-refractivity contribution in [1.82, 2.24) is 9.88 Å². The van der Waals surface area contributed by atoms with E-state index in [0.29, 0.717) is 23.8 Å². The molecule has 22 heavy (non-hydrogen) atoms. The summed E-state index contributed by atoms with van der Waals surface area (Å²) < 4.78 is 0. The first-order chi connectivity index (χ1) is 10.6. The Hall–Kier alpha value is -2.18. The zero-order valence-corrected chi connectivity index (χ0v) is 13.1. The molecule has 1 atom stereocenters. The van der Waals surface area contributed by atoms with Crippen molar-refractivity contribution in [3.05, 3.63) is 54.4 Å². The first-order valence-corrected chi connectivity index (χ1v) is 7.44. The highest BCUT2D eigenvalue weighted by atomic mass is 32.1. The Morgan fingerprint density at radius 3 is 2.82 bits per heavy atom. The van der Waals surface area contributed by atoms with E-state index < -0.39 is 6.10 Å². The second-order valence-electron chi connectivity index (χ2n) is 4.82. The smallest absolute Gasteiger partial charge is 0.173 e.